The molecule has 0 spiro atoms. The van der Waals surface area contributed by atoms with Crippen molar-refractivity contribution in [3.05, 3.63) is 54.1 Å². The lowest BCUT2D eigenvalue weighted by Crippen LogP contribution is -2.18. The lowest BCUT2D eigenvalue weighted by atomic mass is 9.96. The Bertz CT molecular complexity index is 703. The van der Waals surface area contributed by atoms with Gasteiger partial charge in [0.05, 0.1) is 5.69 Å². The van der Waals surface area contributed by atoms with E-state index in [1.54, 1.807) is 12.1 Å². The van der Waals surface area contributed by atoms with Crippen LogP contribution in [0.5, 0.6) is 0 Å². The largest absolute Gasteiger partial charge is 0.279 e. The van der Waals surface area contributed by atoms with Crippen LogP contribution in [0.25, 0.3) is 0 Å². The fraction of sp³-hybridized carbons (Fsp3) is 0.381. The zero-order chi connectivity index (χ0) is 18.0. The molecule has 0 saturated carbocycles. The topological polar surface area (TPSA) is 65.8 Å². The maximum Gasteiger partial charge on any atom is 0.271 e. The highest BCUT2D eigenvalue weighted by molar-refractivity contribution is 5.94. The number of nitrogens with zero attached hydrogens (tertiary/aromatic N) is 2. The summed E-state index contributed by atoms with van der Waals surface area (Å²) in [4.78, 5) is 12.1. The number of hydrogen-bond acceptors (Lipinski definition) is 4. The highest BCUT2D eigenvalue weighted by Crippen LogP contribution is 2.17. The van der Waals surface area contributed by atoms with Gasteiger partial charge in [-0.3, -0.25) is 10.2 Å². The van der Waals surface area contributed by atoms with Crippen molar-refractivity contribution < 1.29 is 4.79 Å². The van der Waals surface area contributed by atoms with Gasteiger partial charge in [0, 0.05) is 18.0 Å². The van der Waals surface area contributed by atoms with Gasteiger partial charge < -0.3 is 0 Å². The zero-order valence-electron chi connectivity index (χ0n) is 15.0. The molecule has 0 aliphatic heterocycles. The molecule has 5 heteroatoms. The number of amides is 1. The van der Waals surface area contributed by atoms with Crippen molar-refractivity contribution in [1.29, 1.82) is 0 Å². The molecule has 1 aromatic carbocycles. The standard InChI is InChI=1S/C21H26N4O/c26-21(25-23-16-18-9-5-2-6-10-18)19-11-13-20(14-12-19)24-22-15-17-7-3-1-4-8-17/h1-3,5,11-18,24H,4,6-10H2,(H,25,26)/b22-15-,23-16-/t17-,18-/m1/s1. The number of benzene rings is 1. The van der Waals surface area contributed by atoms with Crippen LogP contribution in [0, 0.1) is 11.8 Å². The summed E-state index contributed by atoms with van der Waals surface area (Å²) in [6.45, 7) is 0. The van der Waals surface area contributed by atoms with Gasteiger partial charge in [0.2, 0.25) is 0 Å². The van der Waals surface area contributed by atoms with E-state index in [1.165, 1.54) is 0 Å². The van der Waals surface area contributed by atoms with Crippen LogP contribution in [-0.4, -0.2) is 18.3 Å². The first kappa shape index (κ1) is 18.1. The second kappa shape index (κ2) is 9.70. The van der Waals surface area contributed by atoms with Crippen molar-refractivity contribution in [2.24, 2.45) is 22.0 Å². The molecule has 2 aliphatic rings. The summed E-state index contributed by atoms with van der Waals surface area (Å²) in [6, 6.07) is 7.25. The fourth-order valence-electron chi connectivity index (χ4n) is 3.08. The monoisotopic (exact) mass is 350 g/mol. The van der Waals surface area contributed by atoms with Crippen LogP contribution in [0.2, 0.25) is 0 Å². The average molecular weight is 350 g/mol. The second-order valence-corrected chi connectivity index (χ2v) is 6.78. The molecule has 2 N–H and O–H groups in total. The Morgan fingerprint density at radius 1 is 0.885 bits per heavy atom. The Morgan fingerprint density at radius 3 is 2.08 bits per heavy atom. The number of hydrogen-bond donors (Lipinski definition) is 2. The quantitative estimate of drug-likeness (QED) is 0.450. The lowest BCUT2D eigenvalue weighted by molar-refractivity contribution is 0.0955. The van der Waals surface area contributed by atoms with E-state index in [9.17, 15) is 4.79 Å². The van der Waals surface area contributed by atoms with Crippen LogP contribution in [-0.2, 0) is 0 Å². The number of allylic oxidation sites excluding steroid dienone is 4. The van der Waals surface area contributed by atoms with E-state index in [-0.39, 0.29) is 5.91 Å². The summed E-state index contributed by atoms with van der Waals surface area (Å²) in [5.41, 5.74) is 7.07. The first-order chi connectivity index (χ1) is 12.8. The molecule has 3 rings (SSSR count). The predicted molar refractivity (Wildman–Crippen MR) is 107 cm³/mol. The van der Waals surface area contributed by atoms with Gasteiger partial charge in [0.15, 0.2) is 0 Å². The van der Waals surface area contributed by atoms with Crippen molar-refractivity contribution in [2.45, 2.75) is 38.5 Å². The molecule has 1 aromatic rings. The van der Waals surface area contributed by atoms with Gasteiger partial charge in [0.1, 0.15) is 0 Å². The molecule has 0 radical (unpaired) electrons. The summed E-state index contributed by atoms with van der Waals surface area (Å²) in [7, 11) is 0. The molecule has 2 aliphatic carbocycles. The minimum absolute atomic E-state index is 0.198. The van der Waals surface area contributed by atoms with E-state index in [0.717, 1.165) is 44.2 Å². The summed E-state index contributed by atoms with van der Waals surface area (Å²) < 4.78 is 0. The number of anilines is 1. The minimum atomic E-state index is -0.198. The average Bonchev–Trinajstić information content (AvgIpc) is 2.70. The maximum atomic E-state index is 12.1. The Kier molecular flexibility index (Phi) is 6.76. The smallest absolute Gasteiger partial charge is 0.271 e. The molecule has 1 amide bonds. The first-order valence-corrected chi connectivity index (χ1v) is 9.34. The third-order valence-corrected chi connectivity index (χ3v) is 4.70. The van der Waals surface area contributed by atoms with E-state index in [1.807, 2.05) is 24.6 Å². The van der Waals surface area contributed by atoms with Gasteiger partial charge in [-0.2, -0.15) is 10.2 Å². The number of nitrogens with one attached hydrogen (secondary N) is 2. The summed E-state index contributed by atoms with van der Waals surface area (Å²) >= 11 is 0. The van der Waals surface area contributed by atoms with Gasteiger partial charge in [0.25, 0.3) is 5.91 Å². The van der Waals surface area contributed by atoms with Crippen molar-refractivity contribution in [2.75, 3.05) is 5.43 Å². The van der Waals surface area contributed by atoms with Crippen LogP contribution in [0.1, 0.15) is 48.9 Å². The van der Waals surface area contributed by atoms with E-state index >= 15 is 0 Å². The Morgan fingerprint density at radius 2 is 1.50 bits per heavy atom. The van der Waals surface area contributed by atoms with E-state index in [4.69, 9.17) is 0 Å². The molecule has 0 saturated heterocycles. The molecule has 5 nitrogen and oxygen atoms in total. The highest BCUT2D eigenvalue weighted by atomic mass is 16.2. The van der Waals surface area contributed by atoms with Gasteiger partial charge >= 0.3 is 0 Å². The van der Waals surface area contributed by atoms with Crippen LogP contribution in [0.3, 0.4) is 0 Å². The molecule has 0 aromatic heterocycles. The zero-order valence-corrected chi connectivity index (χ0v) is 15.0. The van der Waals surface area contributed by atoms with E-state index in [0.29, 0.717) is 17.4 Å². The number of carbonyl (C=O) groups excluding carboxylic acids is 1. The third kappa shape index (κ3) is 5.69. The van der Waals surface area contributed by atoms with Crippen LogP contribution in [0.15, 0.2) is 58.8 Å². The Labute approximate surface area is 155 Å². The summed E-state index contributed by atoms with van der Waals surface area (Å²) in [5, 5.41) is 8.39. The summed E-state index contributed by atoms with van der Waals surface area (Å²) in [6.07, 6.45) is 19.1. The number of carbonyl (C=O) groups is 1. The minimum Gasteiger partial charge on any atom is -0.279 e. The van der Waals surface area contributed by atoms with Gasteiger partial charge in [-0.05, 0) is 74.6 Å². The van der Waals surface area contributed by atoms with Gasteiger partial charge in [-0.15, -0.1) is 0 Å². The summed E-state index contributed by atoms with van der Waals surface area (Å²) in [5.74, 6) is 0.733. The van der Waals surface area contributed by atoms with Crippen molar-refractivity contribution in [3.63, 3.8) is 0 Å². The molecule has 0 fully saturated rings. The van der Waals surface area contributed by atoms with Crippen LogP contribution < -0.4 is 10.9 Å². The van der Waals surface area contributed by atoms with Crippen LogP contribution in [0.4, 0.5) is 5.69 Å². The Balaban J connectivity index is 1.44. The van der Waals surface area contributed by atoms with E-state index < -0.39 is 0 Å². The predicted octanol–water partition coefficient (Wildman–Crippen LogP) is 4.51. The first-order valence-electron chi connectivity index (χ1n) is 9.34. The van der Waals surface area contributed by atoms with Gasteiger partial charge in [-0.1, -0.05) is 24.3 Å². The fourth-order valence-corrected chi connectivity index (χ4v) is 3.08. The highest BCUT2D eigenvalue weighted by Gasteiger charge is 2.08. The van der Waals surface area contributed by atoms with E-state index in [2.05, 4.69) is 45.4 Å². The SMILES string of the molecule is O=C(N/N=C\[C@@H]1CC=CCC1)c1ccc(N/N=C\[C@@H]2CC=CCC2)cc1. The molecular formula is C21H26N4O. The van der Waals surface area contributed by atoms with Crippen molar-refractivity contribution >= 4 is 24.0 Å². The molecule has 0 heterocycles. The van der Waals surface area contributed by atoms with Crippen molar-refractivity contribution in [3.8, 4) is 0 Å². The van der Waals surface area contributed by atoms with Gasteiger partial charge in [-0.25, -0.2) is 5.43 Å². The molecular weight excluding hydrogens is 324 g/mol. The Hall–Kier alpha value is -2.69. The van der Waals surface area contributed by atoms with Crippen molar-refractivity contribution in [1.82, 2.24) is 5.43 Å². The molecule has 2 atom stereocenters. The molecule has 26 heavy (non-hydrogen) atoms. The normalized spacial score (nSPS) is 22.8. The third-order valence-electron chi connectivity index (χ3n) is 4.70. The molecule has 136 valence electrons. The number of rotatable bonds is 6. The molecule has 0 unspecified atom stereocenters. The molecule has 0 bridgehead atoms. The second-order valence-electron chi connectivity index (χ2n) is 6.78. The number of hydrazone groups is 2. The van der Waals surface area contributed by atoms with Crippen LogP contribution >= 0.6 is 0 Å². The lowest BCUT2D eigenvalue weighted by Gasteiger charge is -2.12. The maximum absolute atomic E-state index is 12.1.